The molecule has 0 radical (unpaired) electrons. The second-order valence-corrected chi connectivity index (χ2v) is 7.32. The fourth-order valence-corrected chi connectivity index (χ4v) is 4.81. The van der Waals surface area contributed by atoms with Crippen molar-refractivity contribution in [2.45, 2.75) is 84.5 Å². The SMILES string of the molecule is CCCC1CCC(C(=O)O)(C2CCC(CC)CC2)CC1. The van der Waals surface area contributed by atoms with E-state index in [1.165, 1.54) is 32.1 Å². The van der Waals surface area contributed by atoms with E-state index in [0.29, 0.717) is 5.92 Å². The van der Waals surface area contributed by atoms with Gasteiger partial charge in [-0.3, -0.25) is 4.79 Å². The molecule has 2 rings (SSSR count). The van der Waals surface area contributed by atoms with Crippen molar-refractivity contribution in [3.63, 3.8) is 0 Å². The van der Waals surface area contributed by atoms with Crippen LogP contribution in [0.1, 0.15) is 84.5 Å². The van der Waals surface area contributed by atoms with E-state index in [1.54, 1.807) is 0 Å². The van der Waals surface area contributed by atoms with Gasteiger partial charge in [-0.1, -0.05) is 46.0 Å². The Kier molecular flexibility index (Phi) is 5.51. The number of carboxylic acid groups (broad SMARTS) is 1. The minimum absolute atomic E-state index is 0.372. The zero-order chi connectivity index (χ0) is 14.6. The summed E-state index contributed by atoms with van der Waals surface area (Å²) in [5.41, 5.74) is -0.372. The average molecular weight is 280 g/mol. The molecule has 0 aromatic carbocycles. The molecule has 1 N–H and O–H groups in total. The second-order valence-electron chi connectivity index (χ2n) is 7.32. The van der Waals surface area contributed by atoms with Crippen molar-refractivity contribution < 1.29 is 9.90 Å². The molecule has 0 aromatic heterocycles. The summed E-state index contributed by atoms with van der Waals surface area (Å²) >= 11 is 0. The molecule has 116 valence electrons. The summed E-state index contributed by atoms with van der Waals surface area (Å²) in [5, 5.41) is 9.88. The van der Waals surface area contributed by atoms with E-state index in [4.69, 9.17) is 0 Å². The minimum Gasteiger partial charge on any atom is -0.481 e. The van der Waals surface area contributed by atoms with E-state index >= 15 is 0 Å². The third kappa shape index (κ3) is 3.20. The summed E-state index contributed by atoms with van der Waals surface area (Å²) < 4.78 is 0. The standard InChI is InChI=1S/C18H32O2/c1-3-5-15-10-12-18(13-11-15,17(19)20)16-8-6-14(4-2)7-9-16/h14-16H,3-13H2,1-2H3,(H,19,20). The van der Waals surface area contributed by atoms with Crippen molar-refractivity contribution in [1.82, 2.24) is 0 Å². The summed E-state index contributed by atoms with van der Waals surface area (Å²) in [7, 11) is 0. The van der Waals surface area contributed by atoms with Crippen LogP contribution < -0.4 is 0 Å². The summed E-state index contributed by atoms with van der Waals surface area (Å²) in [6, 6.07) is 0. The Labute approximate surface area is 124 Å². The lowest BCUT2D eigenvalue weighted by atomic mass is 9.59. The fourth-order valence-electron chi connectivity index (χ4n) is 4.81. The van der Waals surface area contributed by atoms with Crippen LogP contribution in [0.3, 0.4) is 0 Å². The molecule has 2 heteroatoms. The Morgan fingerprint density at radius 1 is 1.00 bits per heavy atom. The van der Waals surface area contributed by atoms with E-state index in [1.807, 2.05) is 0 Å². The Morgan fingerprint density at radius 3 is 2.05 bits per heavy atom. The first-order chi connectivity index (χ1) is 9.62. The van der Waals surface area contributed by atoms with Crippen LogP contribution in [0.5, 0.6) is 0 Å². The van der Waals surface area contributed by atoms with Crippen LogP contribution in [0.15, 0.2) is 0 Å². The van der Waals surface area contributed by atoms with Gasteiger partial charge in [-0.2, -0.15) is 0 Å². The number of carboxylic acids is 1. The summed E-state index contributed by atoms with van der Waals surface area (Å²) in [5.74, 6) is 1.60. The number of carbonyl (C=O) groups is 1. The maximum absolute atomic E-state index is 12.0. The minimum atomic E-state index is -0.493. The van der Waals surface area contributed by atoms with E-state index in [2.05, 4.69) is 13.8 Å². The van der Waals surface area contributed by atoms with Crippen molar-refractivity contribution in [3.05, 3.63) is 0 Å². The van der Waals surface area contributed by atoms with Crippen molar-refractivity contribution in [2.24, 2.45) is 23.2 Å². The molecule has 2 aliphatic carbocycles. The van der Waals surface area contributed by atoms with Gasteiger partial charge in [-0.15, -0.1) is 0 Å². The maximum atomic E-state index is 12.0. The van der Waals surface area contributed by atoms with Crippen LogP contribution in [0.2, 0.25) is 0 Å². The predicted octanol–water partition coefficient (Wildman–Crippen LogP) is 5.26. The molecule has 0 amide bonds. The number of hydrogen-bond acceptors (Lipinski definition) is 1. The average Bonchev–Trinajstić information content (AvgIpc) is 2.48. The predicted molar refractivity (Wildman–Crippen MR) is 82.7 cm³/mol. The lowest BCUT2D eigenvalue weighted by Crippen LogP contribution is -2.43. The van der Waals surface area contributed by atoms with Crippen LogP contribution in [0.4, 0.5) is 0 Å². The summed E-state index contributed by atoms with van der Waals surface area (Å²) in [4.78, 5) is 12.0. The van der Waals surface area contributed by atoms with Crippen LogP contribution in [-0.2, 0) is 4.79 Å². The van der Waals surface area contributed by atoms with Gasteiger partial charge in [0.25, 0.3) is 0 Å². The van der Waals surface area contributed by atoms with Crippen LogP contribution in [-0.4, -0.2) is 11.1 Å². The molecular formula is C18H32O2. The van der Waals surface area contributed by atoms with Crippen LogP contribution in [0, 0.1) is 23.2 Å². The highest BCUT2D eigenvalue weighted by atomic mass is 16.4. The molecule has 0 aromatic rings. The molecule has 20 heavy (non-hydrogen) atoms. The first-order valence-corrected chi connectivity index (χ1v) is 8.85. The molecule has 0 spiro atoms. The molecule has 0 saturated heterocycles. The maximum Gasteiger partial charge on any atom is 0.309 e. The van der Waals surface area contributed by atoms with E-state index < -0.39 is 5.97 Å². The van der Waals surface area contributed by atoms with Crippen molar-refractivity contribution >= 4 is 5.97 Å². The number of aliphatic carboxylic acids is 1. The van der Waals surface area contributed by atoms with Crippen LogP contribution in [0.25, 0.3) is 0 Å². The highest BCUT2D eigenvalue weighted by Gasteiger charge is 2.48. The smallest absolute Gasteiger partial charge is 0.309 e. The molecule has 2 saturated carbocycles. The molecule has 2 aliphatic rings. The Hall–Kier alpha value is -0.530. The highest BCUT2D eigenvalue weighted by molar-refractivity contribution is 5.75. The summed E-state index contributed by atoms with van der Waals surface area (Å²) in [6.45, 7) is 4.51. The largest absolute Gasteiger partial charge is 0.481 e. The first kappa shape index (κ1) is 15.9. The van der Waals surface area contributed by atoms with Gasteiger partial charge in [0.15, 0.2) is 0 Å². The number of hydrogen-bond donors (Lipinski definition) is 1. The second kappa shape index (κ2) is 6.95. The Balaban J connectivity index is 1.99. The van der Waals surface area contributed by atoms with Crippen molar-refractivity contribution in [1.29, 1.82) is 0 Å². The van der Waals surface area contributed by atoms with Gasteiger partial charge >= 0.3 is 5.97 Å². The molecule has 2 nitrogen and oxygen atoms in total. The quantitative estimate of drug-likeness (QED) is 0.745. The monoisotopic (exact) mass is 280 g/mol. The Bertz CT molecular complexity index is 307. The zero-order valence-corrected chi connectivity index (χ0v) is 13.4. The summed E-state index contributed by atoms with van der Waals surface area (Å²) in [6.07, 6.45) is 12.8. The normalized spacial score (nSPS) is 38.6. The van der Waals surface area contributed by atoms with Gasteiger partial charge in [0.2, 0.25) is 0 Å². The van der Waals surface area contributed by atoms with Gasteiger partial charge in [-0.25, -0.2) is 0 Å². The highest BCUT2D eigenvalue weighted by Crippen LogP contribution is 2.51. The lowest BCUT2D eigenvalue weighted by Gasteiger charge is -2.45. The number of rotatable bonds is 5. The molecule has 0 bridgehead atoms. The van der Waals surface area contributed by atoms with Gasteiger partial charge in [0.1, 0.15) is 0 Å². The third-order valence-electron chi connectivity index (χ3n) is 6.33. The Morgan fingerprint density at radius 2 is 1.60 bits per heavy atom. The lowest BCUT2D eigenvalue weighted by molar-refractivity contribution is -0.157. The molecule has 0 unspecified atom stereocenters. The molecule has 0 aliphatic heterocycles. The first-order valence-electron chi connectivity index (χ1n) is 8.85. The zero-order valence-electron chi connectivity index (χ0n) is 13.4. The van der Waals surface area contributed by atoms with Gasteiger partial charge in [-0.05, 0) is 56.3 Å². The van der Waals surface area contributed by atoms with E-state index in [-0.39, 0.29) is 5.41 Å². The molecule has 0 heterocycles. The fraction of sp³-hybridized carbons (Fsp3) is 0.944. The molecule has 2 fully saturated rings. The van der Waals surface area contributed by atoms with Gasteiger partial charge in [0, 0.05) is 0 Å². The van der Waals surface area contributed by atoms with Crippen molar-refractivity contribution in [2.75, 3.05) is 0 Å². The third-order valence-corrected chi connectivity index (χ3v) is 6.33. The molecule has 0 atom stereocenters. The molecular weight excluding hydrogens is 248 g/mol. The van der Waals surface area contributed by atoms with Gasteiger partial charge in [0.05, 0.1) is 5.41 Å². The van der Waals surface area contributed by atoms with Gasteiger partial charge < -0.3 is 5.11 Å². The van der Waals surface area contributed by atoms with Crippen LogP contribution >= 0.6 is 0 Å². The van der Waals surface area contributed by atoms with E-state index in [0.717, 1.165) is 50.4 Å². The van der Waals surface area contributed by atoms with E-state index in [9.17, 15) is 9.90 Å². The topological polar surface area (TPSA) is 37.3 Å². The van der Waals surface area contributed by atoms with Crippen molar-refractivity contribution in [3.8, 4) is 0 Å².